The normalized spacial score (nSPS) is 24.8. The molecule has 2 nitrogen and oxygen atoms in total. The number of furan rings is 1. The van der Waals surface area contributed by atoms with E-state index in [0.29, 0.717) is 6.04 Å². The van der Waals surface area contributed by atoms with Gasteiger partial charge in [0.25, 0.3) is 0 Å². The highest BCUT2D eigenvalue weighted by molar-refractivity contribution is 5.05. The van der Waals surface area contributed by atoms with Gasteiger partial charge < -0.3 is 4.42 Å². The molecule has 0 amide bonds. The summed E-state index contributed by atoms with van der Waals surface area (Å²) in [6.07, 6.45) is 5.70. The molecule has 0 bridgehead atoms. The summed E-state index contributed by atoms with van der Waals surface area (Å²) in [4.78, 5) is 2.50. The lowest BCUT2D eigenvalue weighted by Crippen LogP contribution is -2.32. The highest BCUT2D eigenvalue weighted by Crippen LogP contribution is 2.30. The number of likely N-dealkylation sites (tertiary alicyclic amines) is 1. The van der Waals surface area contributed by atoms with Crippen LogP contribution in [0.2, 0.25) is 0 Å². The minimum atomic E-state index is 0.536. The van der Waals surface area contributed by atoms with Gasteiger partial charge in [0.15, 0.2) is 0 Å². The molecule has 1 aliphatic heterocycles. The lowest BCUT2D eigenvalue weighted by atomic mass is 10.0. The van der Waals surface area contributed by atoms with Crippen molar-refractivity contribution >= 4 is 0 Å². The number of rotatable bonds is 2. The maximum Gasteiger partial charge on any atom is 0.120 e. The van der Waals surface area contributed by atoms with Crippen LogP contribution in [0, 0.1) is 0 Å². The number of nitrogens with zero attached hydrogens (tertiary/aromatic N) is 1. The minimum Gasteiger partial charge on any atom is -0.468 e. The molecule has 0 radical (unpaired) electrons. The second-order valence-electron chi connectivity index (χ2n) is 3.66. The monoisotopic (exact) mass is 179 g/mol. The van der Waals surface area contributed by atoms with Gasteiger partial charge in [-0.25, -0.2) is 0 Å². The predicted octanol–water partition coefficient (Wildman–Crippen LogP) is 2.83. The van der Waals surface area contributed by atoms with E-state index in [0.717, 1.165) is 12.3 Å². The first-order valence-corrected chi connectivity index (χ1v) is 5.19. The molecule has 2 heterocycles. The summed E-state index contributed by atoms with van der Waals surface area (Å²) in [6, 6.07) is 4.62. The first-order chi connectivity index (χ1) is 6.42. The fraction of sp³-hybridized carbons (Fsp3) is 0.636. The van der Waals surface area contributed by atoms with E-state index in [-0.39, 0.29) is 0 Å². The van der Waals surface area contributed by atoms with Crippen molar-refractivity contribution in [2.75, 3.05) is 13.1 Å². The molecule has 2 rings (SSSR count). The highest BCUT2D eigenvalue weighted by Gasteiger charge is 2.24. The van der Waals surface area contributed by atoms with Crippen LogP contribution < -0.4 is 0 Å². The molecule has 72 valence electrons. The zero-order valence-electron chi connectivity index (χ0n) is 8.20. The van der Waals surface area contributed by atoms with E-state index in [9.17, 15) is 0 Å². The fourth-order valence-corrected chi connectivity index (χ4v) is 2.17. The predicted molar refractivity (Wildman–Crippen MR) is 52.5 cm³/mol. The Kier molecular flexibility index (Phi) is 2.69. The van der Waals surface area contributed by atoms with Gasteiger partial charge >= 0.3 is 0 Å². The molecule has 0 spiro atoms. The van der Waals surface area contributed by atoms with E-state index in [4.69, 9.17) is 4.42 Å². The SMILES string of the molecule is CCN1CCCCC1c1ccco1. The van der Waals surface area contributed by atoms with Gasteiger partial charge in [0.1, 0.15) is 5.76 Å². The fourth-order valence-electron chi connectivity index (χ4n) is 2.17. The van der Waals surface area contributed by atoms with Gasteiger partial charge in [0.2, 0.25) is 0 Å². The molecule has 1 aliphatic rings. The van der Waals surface area contributed by atoms with E-state index in [2.05, 4.69) is 17.9 Å². The van der Waals surface area contributed by atoms with Crippen LogP contribution in [-0.2, 0) is 0 Å². The van der Waals surface area contributed by atoms with Crippen molar-refractivity contribution in [1.82, 2.24) is 4.90 Å². The Morgan fingerprint density at radius 2 is 2.46 bits per heavy atom. The van der Waals surface area contributed by atoms with E-state index in [1.807, 2.05) is 6.07 Å². The summed E-state index contributed by atoms with van der Waals surface area (Å²) >= 11 is 0. The average molecular weight is 179 g/mol. The topological polar surface area (TPSA) is 16.4 Å². The zero-order chi connectivity index (χ0) is 9.10. The summed E-state index contributed by atoms with van der Waals surface area (Å²) in [5.41, 5.74) is 0. The van der Waals surface area contributed by atoms with Crippen molar-refractivity contribution in [3.05, 3.63) is 24.2 Å². The van der Waals surface area contributed by atoms with E-state index < -0.39 is 0 Å². The molecule has 2 heteroatoms. The third-order valence-corrected chi connectivity index (χ3v) is 2.89. The Morgan fingerprint density at radius 1 is 1.54 bits per heavy atom. The maximum atomic E-state index is 5.46. The largest absolute Gasteiger partial charge is 0.468 e. The second-order valence-corrected chi connectivity index (χ2v) is 3.66. The van der Waals surface area contributed by atoms with Crippen LogP contribution in [0.3, 0.4) is 0 Å². The summed E-state index contributed by atoms with van der Waals surface area (Å²) in [5, 5.41) is 0. The van der Waals surface area contributed by atoms with Crippen LogP contribution in [0.1, 0.15) is 38.0 Å². The third-order valence-electron chi connectivity index (χ3n) is 2.89. The van der Waals surface area contributed by atoms with E-state index in [1.54, 1.807) is 6.26 Å². The molecule has 0 aromatic carbocycles. The highest BCUT2D eigenvalue weighted by atomic mass is 16.3. The van der Waals surface area contributed by atoms with Crippen molar-refractivity contribution in [1.29, 1.82) is 0 Å². The van der Waals surface area contributed by atoms with Gasteiger partial charge in [-0.15, -0.1) is 0 Å². The van der Waals surface area contributed by atoms with Crippen molar-refractivity contribution in [2.24, 2.45) is 0 Å². The maximum absolute atomic E-state index is 5.46. The summed E-state index contributed by atoms with van der Waals surface area (Å²) in [5.74, 6) is 1.14. The smallest absolute Gasteiger partial charge is 0.120 e. The molecule has 1 fully saturated rings. The Balaban J connectivity index is 2.11. The van der Waals surface area contributed by atoms with Crippen LogP contribution >= 0.6 is 0 Å². The van der Waals surface area contributed by atoms with Gasteiger partial charge in [-0.05, 0) is 38.1 Å². The van der Waals surface area contributed by atoms with E-state index >= 15 is 0 Å². The van der Waals surface area contributed by atoms with Crippen LogP contribution in [-0.4, -0.2) is 18.0 Å². The van der Waals surface area contributed by atoms with Gasteiger partial charge in [-0.1, -0.05) is 13.3 Å². The van der Waals surface area contributed by atoms with Gasteiger partial charge in [0.05, 0.1) is 12.3 Å². The first kappa shape index (κ1) is 8.82. The van der Waals surface area contributed by atoms with Crippen LogP contribution in [0.15, 0.2) is 22.8 Å². The zero-order valence-corrected chi connectivity index (χ0v) is 8.20. The molecule has 1 aromatic rings. The Labute approximate surface area is 79.5 Å². The lowest BCUT2D eigenvalue weighted by Gasteiger charge is -2.33. The Morgan fingerprint density at radius 3 is 3.15 bits per heavy atom. The molecule has 1 saturated heterocycles. The molecule has 1 aromatic heterocycles. The number of hydrogen-bond acceptors (Lipinski definition) is 2. The third kappa shape index (κ3) is 1.78. The van der Waals surface area contributed by atoms with Gasteiger partial charge in [0, 0.05) is 0 Å². The van der Waals surface area contributed by atoms with Crippen LogP contribution in [0.4, 0.5) is 0 Å². The Bertz CT molecular complexity index is 243. The number of piperidine rings is 1. The van der Waals surface area contributed by atoms with Crippen LogP contribution in [0.25, 0.3) is 0 Å². The molecule has 0 saturated carbocycles. The van der Waals surface area contributed by atoms with E-state index in [1.165, 1.54) is 25.8 Å². The molecular weight excluding hydrogens is 162 g/mol. The summed E-state index contributed by atoms with van der Waals surface area (Å²) in [6.45, 7) is 4.58. The minimum absolute atomic E-state index is 0.536. The van der Waals surface area contributed by atoms with Gasteiger partial charge in [-0.3, -0.25) is 4.90 Å². The second kappa shape index (κ2) is 3.97. The quantitative estimate of drug-likeness (QED) is 0.694. The standard InChI is InChI=1S/C11H17NO/c1-2-12-8-4-3-6-10(12)11-7-5-9-13-11/h5,7,9-10H,2-4,6,8H2,1H3. The van der Waals surface area contributed by atoms with Gasteiger partial charge in [-0.2, -0.15) is 0 Å². The Hall–Kier alpha value is -0.760. The molecule has 0 aliphatic carbocycles. The summed E-state index contributed by atoms with van der Waals surface area (Å²) < 4.78 is 5.46. The lowest BCUT2D eigenvalue weighted by molar-refractivity contribution is 0.137. The van der Waals surface area contributed by atoms with Crippen molar-refractivity contribution in [3.8, 4) is 0 Å². The molecule has 1 atom stereocenters. The molecule has 0 N–H and O–H groups in total. The molecular formula is C11H17NO. The molecule has 1 unspecified atom stereocenters. The van der Waals surface area contributed by atoms with Crippen molar-refractivity contribution in [3.63, 3.8) is 0 Å². The molecule has 13 heavy (non-hydrogen) atoms. The van der Waals surface area contributed by atoms with Crippen molar-refractivity contribution < 1.29 is 4.42 Å². The van der Waals surface area contributed by atoms with Crippen molar-refractivity contribution in [2.45, 2.75) is 32.2 Å². The van der Waals surface area contributed by atoms with Crippen LogP contribution in [0.5, 0.6) is 0 Å². The number of hydrogen-bond donors (Lipinski definition) is 0. The average Bonchev–Trinajstić information content (AvgIpc) is 2.70. The first-order valence-electron chi connectivity index (χ1n) is 5.19. The summed E-state index contributed by atoms with van der Waals surface area (Å²) in [7, 11) is 0.